The minimum atomic E-state index is -0.146. The summed E-state index contributed by atoms with van der Waals surface area (Å²) in [4.78, 5) is 13.2. The van der Waals surface area contributed by atoms with Gasteiger partial charge in [0.1, 0.15) is 0 Å². The van der Waals surface area contributed by atoms with Gasteiger partial charge in [0.05, 0.1) is 11.4 Å². The van der Waals surface area contributed by atoms with Crippen LogP contribution in [0.1, 0.15) is 54.1 Å². The van der Waals surface area contributed by atoms with Gasteiger partial charge in [-0.15, -0.1) is 5.10 Å². The number of rotatable bonds is 7. The lowest BCUT2D eigenvalue weighted by atomic mass is 10.00. The van der Waals surface area contributed by atoms with Crippen LogP contribution in [0.4, 0.5) is 0 Å². The van der Waals surface area contributed by atoms with Gasteiger partial charge in [-0.05, 0) is 59.7 Å². The molecule has 1 atom stereocenters. The van der Waals surface area contributed by atoms with Crippen LogP contribution in [0.3, 0.4) is 0 Å². The summed E-state index contributed by atoms with van der Waals surface area (Å²) in [5.41, 5.74) is 5.39. The fourth-order valence-corrected chi connectivity index (χ4v) is 3.76. The van der Waals surface area contributed by atoms with Gasteiger partial charge in [-0.2, -0.15) is 9.78 Å². The molecule has 4 rings (SSSR count). The highest BCUT2D eigenvalue weighted by molar-refractivity contribution is 5.96. The van der Waals surface area contributed by atoms with Gasteiger partial charge < -0.3 is 5.32 Å². The van der Waals surface area contributed by atoms with Gasteiger partial charge in [0.2, 0.25) is 0 Å². The van der Waals surface area contributed by atoms with Crippen molar-refractivity contribution < 1.29 is 4.79 Å². The maximum Gasteiger partial charge on any atom is 0.251 e. The van der Waals surface area contributed by atoms with Crippen molar-refractivity contribution >= 4 is 5.91 Å². The Labute approximate surface area is 193 Å². The summed E-state index contributed by atoms with van der Waals surface area (Å²) in [6.45, 7) is 8.12. The summed E-state index contributed by atoms with van der Waals surface area (Å²) in [7, 11) is 1.88. The van der Waals surface area contributed by atoms with E-state index >= 15 is 0 Å². The fraction of sp³-hybridized carbons (Fsp3) is 0.320. The highest BCUT2D eigenvalue weighted by Gasteiger charge is 2.17. The van der Waals surface area contributed by atoms with E-state index in [4.69, 9.17) is 0 Å². The summed E-state index contributed by atoms with van der Waals surface area (Å²) < 4.78 is 3.47. The predicted molar refractivity (Wildman–Crippen MR) is 127 cm³/mol. The molecule has 8 nitrogen and oxygen atoms in total. The lowest BCUT2D eigenvalue weighted by Gasteiger charge is -2.15. The average Bonchev–Trinajstić information content (AvgIpc) is 3.43. The van der Waals surface area contributed by atoms with E-state index < -0.39 is 0 Å². The molecular weight excluding hydrogens is 414 g/mol. The number of nitrogens with one attached hydrogen (secondary N) is 1. The summed E-state index contributed by atoms with van der Waals surface area (Å²) in [6, 6.07) is 15.9. The predicted octanol–water partition coefficient (Wildman–Crippen LogP) is 3.86. The van der Waals surface area contributed by atoms with Gasteiger partial charge in [0, 0.05) is 37.2 Å². The second-order valence-electron chi connectivity index (χ2n) is 8.80. The van der Waals surface area contributed by atoms with Crippen LogP contribution in [-0.4, -0.2) is 41.9 Å². The number of tetrazole rings is 1. The second kappa shape index (κ2) is 9.36. The maximum atomic E-state index is 13.2. The zero-order valence-corrected chi connectivity index (χ0v) is 19.6. The van der Waals surface area contributed by atoms with Crippen molar-refractivity contribution in [1.82, 2.24) is 35.3 Å². The zero-order valence-electron chi connectivity index (χ0n) is 19.6. The molecule has 1 N–H and O–H groups in total. The van der Waals surface area contributed by atoms with E-state index in [1.165, 1.54) is 5.56 Å². The standard InChI is InChI=1S/C25H29N7O/c1-16(2)24-27-29-30-32(24)23-14-20(19-8-6-17(3)7-9-19)13-21(15-23)25(33)26-18(4)12-22-10-11-31(5)28-22/h6-11,13-16,18H,12H2,1-5H3,(H,26,33). The van der Waals surface area contributed by atoms with E-state index in [0.29, 0.717) is 12.0 Å². The first kappa shape index (κ1) is 22.4. The molecule has 1 unspecified atom stereocenters. The van der Waals surface area contributed by atoms with Gasteiger partial charge in [-0.1, -0.05) is 43.7 Å². The molecule has 0 aliphatic carbocycles. The minimum absolute atomic E-state index is 0.0712. The smallest absolute Gasteiger partial charge is 0.251 e. The Hall–Kier alpha value is -3.81. The number of benzene rings is 2. The molecule has 1 amide bonds. The van der Waals surface area contributed by atoms with E-state index in [-0.39, 0.29) is 17.9 Å². The number of hydrogen-bond acceptors (Lipinski definition) is 5. The molecule has 8 heteroatoms. The van der Waals surface area contributed by atoms with E-state index in [1.807, 2.05) is 58.3 Å². The molecule has 2 heterocycles. The minimum Gasteiger partial charge on any atom is -0.349 e. The molecule has 170 valence electrons. The van der Waals surface area contributed by atoms with Gasteiger partial charge in [-0.25, -0.2) is 0 Å². The van der Waals surface area contributed by atoms with Crippen LogP contribution in [0.5, 0.6) is 0 Å². The summed E-state index contributed by atoms with van der Waals surface area (Å²) in [6.07, 6.45) is 2.56. The van der Waals surface area contributed by atoms with Crippen LogP contribution >= 0.6 is 0 Å². The van der Waals surface area contributed by atoms with Gasteiger partial charge in [-0.3, -0.25) is 9.48 Å². The first-order valence-corrected chi connectivity index (χ1v) is 11.1. The maximum absolute atomic E-state index is 13.2. The Morgan fingerprint density at radius 2 is 1.79 bits per heavy atom. The molecule has 0 radical (unpaired) electrons. The molecule has 2 aromatic heterocycles. The Morgan fingerprint density at radius 3 is 2.45 bits per heavy atom. The highest BCUT2D eigenvalue weighted by atomic mass is 16.1. The largest absolute Gasteiger partial charge is 0.349 e. The highest BCUT2D eigenvalue weighted by Crippen LogP contribution is 2.26. The molecule has 0 aliphatic heterocycles. The number of aromatic nitrogens is 6. The molecule has 2 aromatic carbocycles. The van der Waals surface area contributed by atoms with Crippen molar-refractivity contribution in [1.29, 1.82) is 0 Å². The summed E-state index contributed by atoms with van der Waals surface area (Å²) in [5, 5.41) is 19.7. The number of aryl methyl sites for hydroxylation is 2. The number of carbonyl (C=O) groups excluding carboxylic acids is 1. The molecule has 0 aliphatic rings. The van der Waals surface area contributed by atoms with Crippen molar-refractivity contribution in [3.05, 3.63) is 77.4 Å². The Morgan fingerprint density at radius 1 is 1.03 bits per heavy atom. The van der Waals surface area contributed by atoms with Crippen LogP contribution in [-0.2, 0) is 13.5 Å². The summed E-state index contributed by atoms with van der Waals surface area (Å²) in [5.74, 6) is 0.734. The zero-order chi connectivity index (χ0) is 23.5. The molecule has 4 aromatic rings. The third-order valence-electron chi connectivity index (χ3n) is 5.48. The summed E-state index contributed by atoms with van der Waals surface area (Å²) >= 11 is 0. The quantitative estimate of drug-likeness (QED) is 0.468. The van der Waals surface area contributed by atoms with Crippen LogP contribution < -0.4 is 5.32 Å². The molecule has 0 saturated heterocycles. The first-order valence-electron chi connectivity index (χ1n) is 11.1. The fourth-order valence-electron chi connectivity index (χ4n) is 3.76. The molecule has 0 bridgehead atoms. The number of amides is 1. The third kappa shape index (κ3) is 5.16. The normalized spacial score (nSPS) is 12.2. The Bertz CT molecular complexity index is 1250. The first-order chi connectivity index (χ1) is 15.8. The lowest BCUT2D eigenvalue weighted by Crippen LogP contribution is -2.34. The molecule has 33 heavy (non-hydrogen) atoms. The molecule has 0 spiro atoms. The third-order valence-corrected chi connectivity index (χ3v) is 5.48. The number of carbonyl (C=O) groups is 1. The monoisotopic (exact) mass is 443 g/mol. The van der Waals surface area contributed by atoms with Crippen LogP contribution in [0, 0.1) is 6.92 Å². The average molecular weight is 444 g/mol. The van der Waals surface area contributed by atoms with E-state index in [0.717, 1.165) is 28.3 Å². The van der Waals surface area contributed by atoms with Crippen molar-refractivity contribution in [2.75, 3.05) is 0 Å². The van der Waals surface area contributed by atoms with Crippen LogP contribution in [0.15, 0.2) is 54.7 Å². The van der Waals surface area contributed by atoms with Crippen LogP contribution in [0.2, 0.25) is 0 Å². The van der Waals surface area contributed by atoms with Crippen molar-refractivity contribution in [2.45, 2.75) is 46.1 Å². The van der Waals surface area contributed by atoms with Crippen molar-refractivity contribution in [3.63, 3.8) is 0 Å². The van der Waals surface area contributed by atoms with Crippen molar-refractivity contribution in [3.8, 4) is 16.8 Å². The molecule has 0 saturated carbocycles. The topological polar surface area (TPSA) is 90.5 Å². The SMILES string of the molecule is Cc1ccc(-c2cc(C(=O)NC(C)Cc3ccn(C)n3)cc(-n3nnnc3C(C)C)c2)cc1. The Kier molecular flexibility index (Phi) is 6.35. The lowest BCUT2D eigenvalue weighted by molar-refractivity contribution is 0.0940. The van der Waals surface area contributed by atoms with E-state index in [2.05, 4.69) is 57.1 Å². The number of hydrogen-bond donors (Lipinski definition) is 1. The molecule has 0 fully saturated rings. The van der Waals surface area contributed by atoms with Gasteiger partial charge in [0.25, 0.3) is 5.91 Å². The number of nitrogens with zero attached hydrogens (tertiary/aromatic N) is 6. The second-order valence-corrected chi connectivity index (χ2v) is 8.80. The van der Waals surface area contributed by atoms with Crippen molar-refractivity contribution in [2.24, 2.45) is 7.05 Å². The Balaban J connectivity index is 1.68. The van der Waals surface area contributed by atoms with Crippen LogP contribution in [0.25, 0.3) is 16.8 Å². The van der Waals surface area contributed by atoms with Gasteiger partial charge in [0.15, 0.2) is 5.82 Å². The van der Waals surface area contributed by atoms with E-state index in [1.54, 1.807) is 9.36 Å². The molecular formula is C25H29N7O. The van der Waals surface area contributed by atoms with E-state index in [9.17, 15) is 4.79 Å². The van der Waals surface area contributed by atoms with Gasteiger partial charge >= 0.3 is 0 Å².